The summed E-state index contributed by atoms with van der Waals surface area (Å²) in [6, 6.07) is 9.57. The zero-order chi connectivity index (χ0) is 22.9. The van der Waals surface area contributed by atoms with Crippen molar-refractivity contribution in [2.24, 2.45) is 0 Å². The molecule has 0 aliphatic carbocycles. The number of carbonyl (C=O) groups excluding carboxylic acids is 4. The van der Waals surface area contributed by atoms with Crippen LogP contribution in [0.2, 0.25) is 0 Å². The molecule has 0 spiro atoms. The molecule has 1 aliphatic heterocycles. The van der Waals surface area contributed by atoms with E-state index in [4.69, 9.17) is 0 Å². The largest absolute Gasteiger partial charge is 0.347 e. The standard InChI is InChI=1S/C21H20N4O6/c1-21(2,3)23-18(27)12-5-4-6-13(9-12)22-17(26)11-24-19(28)15-8-7-14(25(30)31)10-16(15)20(24)29/h4-10H,11H2,1-3H3,(H,22,26)(H,23,27). The Morgan fingerprint density at radius 3 is 2.35 bits per heavy atom. The fourth-order valence-electron chi connectivity index (χ4n) is 3.03. The zero-order valence-electron chi connectivity index (χ0n) is 17.1. The van der Waals surface area contributed by atoms with Crippen LogP contribution >= 0.6 is 0 Å². The van der Waals surface area contributed by atoms with Crippen LogP contribution in [0.1, 0.15) is 51.8 Å². The highest BCUT2D eigenvalue weighted by Gasteiger charge is 2.37. The summed E-state index contributed by atoms with van der Waals surface area (Å²) in [6.45, 7) is 4.95. The minimum Gasteiger partial charge on any atom is -0.347 e. The first-order chi connectivity index (χ1) is 14.5. The molecule has 3 rings (SSSR count). The molecular formula is C21H20N4O6. The Hall–Kier alpha value is -4.08. The van der Waals surface area contributed by atoms with Crippen molar-refractivity contribution in [2.75, 3.05) is 11.9 Å². The summed E-state index contributed by atoms with van der Waals surface area (Å²) in [5.74, 6) is -2.46. The number of hydrogen-bond acceptors (Lipinski definition) is 6. The molecule has 2 aromatic rings. The molecule has 2 aromatic carbocycles. The number of benzene rings is 2. The summed E-state index contributed by atoms with van der Waals surface area (Å²) >= 11 is 0. The molecule has 0 aromatic heterocycles. The Balaban J connectivity index is 1.71. The number of non-ortho nitro benzene ring substituents is 1. The first kappa shape index (κ1) is 21.6. The lowest BCUT2D eigenvalue weighted by Gasteiger charge is -2.20. The number of fused-ring (bicyclic) bond motifs is 1. The lowest BCUT2D eigenvalue weighted by Crippen LogP contribution is -2.40. The Morgan fingerprint density at radius 1 is 1.03 bits per heavy atom. The maximum atomic E-state index is 12.5. The third kappa shape index (κ3) is 4.74. The molecule has 31 heavy (non-hydrogen) atoms. The molecule has 160 valence electrons. The van der Waals surface area contributed by atoms with Crippen molar-refractivity contribution in [3.8, 4) is 0 Å². The van der Waals surface area contributed by atoms with Crippen LogP contribution in [-0.4, -0.2) is 45.5 Å². The summed E-state index contributed by atoms with van der Waals surface area (Å²) in [4.78, 5) is 60.6. The number of amides is 4. The van der Waals surface area contributed by atoms with Gasteiger partial charge in [0, 0.05) is 28.9 Å². The van der Waals surface area contributed by atoms with E-state index in [9.17, 15) is 29.3 Å². The van der Waals surface area contributed by atoms with Crippen molar-refractivity contribution in [1.29, 1.82) is 0 Å². The van der Waals surface area contributed by atoms with E-state index in [2.05, 4.69) is 10.6 Å². The molecule has 4 amide bonds. The van der Waals surface area contributed by atoms with Crippen molar-refractivity contribution < 1.29 is 24.1 Å². The van der Waals surface area contributed by atoms with Crippen LogP contribution in [0, 0.1) is 10.1 Å². The minimum absolute atomic E-state index is 0.00393. The third-order valence-corrected chi connectivity index (χ3v) is 4.36. The number of anilines is 1. The van der Waals surface area contributed by atoms with Crippen LogP contribution in [0.4, 0.5) is 11.4 Å². The van der Waals surface area contributed by atoms with E-state index < -0.39 is 34.7 Å². The van der Waals surface area contributed by atoms with E-state index in [1.165, 1.54) is 12.1 Å². The molecule has 1 aliphatic rings. The van der Waals surface area contributed by atoms with Gasteiger partial charge >= 0.3 is 0 Å². The molecule has 0 saturated heterocycles. The number of nitro benzene ring substituents is 1. The molecule has 1 heterocycles. The van der Waals surface area contributed by atoms with Crippen LogP contribution in [0.15, 0.2) is 42.5 Å². The fraction of sp³-hybridized carbons (Fsp3) is 0.238. The highest BCUT2D eigenvalue weighted by molar-refractivity contribution is 6.23. The van der Waals surface area contributed by atoms with Crippen LogP contribution in [0.3, 0.4) is 0 Å². The van der Waals surface area contributed by atoms with Crippen molar-refractivity contribution in [1.82, 2.24) is 10.2 Å². The first-order valence-electron chi connectivity index (χ1n) is 9.33. The lowest BCUT2D eigenvalue weighted by atomic mass is 10.1. The van der Waals surface area contributed by atoms with Gasteiger partial charge in [-0.15, -0.1) is 0 Å². The van der Waals surface area contributed by atoms with Crippen molar-refractivity contribution in [3.63, 3.8) is 0 Å². The Bertz CT molecular complexity index is 1120. The maximum absolute atomic E-state index is 12.5. The van der Waals surface area contributed by atoms with Crippen LogP contribution in [-0.2, 0) is 4.79 Å². The van der Waals surface area contributed by atoms with Crippen molar-refractivity contribution >= 4 is 35.0 Å². The van der Waals surface area contributed by atoms with Crippen LogP contribution in [0.5, 0.6) is 0 Å². The SMILES string of the molecule is CC(C)(C)NC(=O)c1cccc(NC(=O)CN2C(=O)c3ccc([N+](=O)[O-])cc3C2=O)c1. The van der Waals surface area contributed by atoms with E-state index in [0.29, 0.717) is 11.3 Å². The molecule has 0 unspecified atom stereocenters. The summed E-state index contributed by atoms with van der Waals surface area (Å²) in [5, 5.41) is 16.3. The van der Waals surface area contributed by atoms with Gasteiger partial charge in [-0.2, -0.15) is 0 Å². The number of nitro groups is 1. The number of nitrogens with zero attached hydrogens (tertiary/aromatic N) is 2. The number of nitrogens with one attached hydrogen (secondary N) is 2. The second-order valence-electron chi connectivity index (χ2n) is 8.02. The van der Waals surface area contributed by atoms with Gasteiger partial charge in [-0.1, -0.05) is 6.07 Å². The number of imide groups is 1. The summed E-state index contributed by atoms with van der Waals surface area (Å²) in [5.41, 5.74) is -0.218. The van der Waals surface area contributed by atoms with Gasteiger partial charge in [0.15, 0.2) is 0 Å². The molecule has 10 heteroatoms. The summed E-state index contributed by atoms with van der Waals surface area (Å²) in [6.07, 6.45) is 0. The van der Waals surface area contributed by atoms with Gasteiger partial charge in [-0.05, 0) is 45.0 Å². The quantitative estimate of drug-likeness (QED) is 0.429. The zero-order valence-corrected chi connectivity index (χ0v) is 17.1. The predicted octanol–water partition coefficient (Wildman–Crippen LogP) is 2.36. The lowest BCUT2D eigenvalue weighted by molar-refractivity contribution is -0.384. The highest BCUT2D eigenvalue weighted by atomic mass is 16.6. The monoisotopic (exact) mass is 424 g/mol. The van der Waals surface area contributed by atoms with Gasteiger partial charge < -0.3 is 10.6 Å². The highest BCUT2D eigenvalue weighted by Crippen LogP contribution is 2.26. The van der Waals surface area contributed by atoms with Crippen LogP contribution < -0.4 is 10.6 Å². The number of hydrogen-bond donors (Lipinski definition) is 2. The second kappa shape index (κ2) is 7.98. The molecule has 0 atom stereocenters. The normalized spacial score (nSPS) is 13.1. The van der Waals surface area contributed by atoms with Crippen molar-refractivity contribution in [3.05, 3.63) is 69.3 Å². The molecular weight excluding hydrogens is 404 g/mol. The van der Waals surface area contributed by atoms with E-state index in [0.717, 1.165) is 17.0 Å². The topological polar surface area (TPSA) is 139 Å². The van der Waals surface area contributed by atoms with E-state index >= 15 is 0 Å². The first-order valence-corrected chi connectivity index (χ1v) is 9.33. The predicted molar refractivity (Wildman–Crippen MR) is 111 cm³/mol. The molecule has 0 radical (unpaired) electrons. The molecule has 2 N–H and O–H groups in total. The van der Waals surface area contributed by atoms with Crippen LogP contribution in [0.25, 0.3) is 0 Å². The molecule has 0 saturated carbocycles. The smallest absolute Gasteiger partial charge is 0.270 e. The summed E-state index contributed by atoms with van der Waals surface area (Å²) < 4.78 is 0. The molecule has 0 fully saturated rings. The van der Waals surface area contributed by atoms with Gasteiger partial charge in [-0.3, -0.25) is 34.2 Å². The Kier molecular flexibility index (Phi) is 5.56. The molecule has 10 nitrogen and oxygen atoms in total. The fourth-order valence-corrected chi connectivity index (χ4v) is 3.03. The summed E-state index contributed by atoms with van der Waals surface area (Å²) in [7, 11) is 0. The number of rotatable bonds is 5. The Labute approximate surface area is 177 Å². The van der Waals surface area contributed by atoms with Gasteiger partial charge in [-0.25, -0.2) is 0 Å². The average Bonchev–Trinajstić information content (AvgIpc) is 2.91. The van der Waals surface area contributed by atoms with E-state index in [1.807, 2.05) is 20.8 Å². The van der Waals surface area contributed by atoms with Gasteiger partial charge in [0.2, 0.25) is 5.91 Å². The third-order valence-electron chi connectivity index (χ3n) is 4.36. The second-order valence-corrected chi connectivity index (χ2v) is 8.02. The van der Waals surface area contributed by atoms with Gasteiger partial charge in [0.05, 0.1) is 16.1 Å². The maximum Gasteiger partial charge on any atom is 0.270 e. The van der Waals surface area contributed by atoms with E-state index in [-0.39, 0.29) is 22.7 Å². The number of carbonyl (C=O) groups is 4. The van der Waals surface area contributed by atoms with E-state index in [1.54, 1.807) is 18.2 Å². The minimum atomic E-state index is -0.780. The van der Waals surface area contributed by atoms with Gasteiger partial charge in [0.25, 0.3) is 23.4 Å². The Morgan fingerprint density at radius 2 is 1.71 bits per heavy atom. The van der Waals surface area contributed by atoms with Crippen molar-refractivity contribution in [2.45, 2.75) is 26.3 Å². The molecule has 0 bridgehead atoms. The average molecular weight is 424 g/mol. The van der Waals surface area contributed by atoms with Gasteiger partial charge in [0.1, 0.15) is 6.54 Å².